The summed E-state index contributed by atoms with van der Waals surface area (Å²) in [7, 11) is 0. The van der Waals surface area contributed by atoms with E-state index < -0.39 is 0 Å². The Morgan fingerprint density at radius 1 is 1.18 bits per heavy atom. The predicted molar refractivity (Wildman–Crippen MR) is 117 cm³/mol. The van der Waals surface area contributed by atoms with Gasteiger partial charge in [0.05, 0.1) is 0 Å². The third-order valence-electron chi connectivity index (χ3n) is 5.61. The molecule has 6 heteroatoms. The summed E-state index contributed by atoms with van der Waals surface area (Å²) in [6, 6.07) is 6.12. The molecule has 0 aromatic heterocycles. The van der Waals surface area contributed by atoms with Gasteiger partial charge in [-0.2, -0.15) is 0 Å². The summed E-state index contributed by atoms with van der Waals surface area (Å²) in [4.78, 5) is 32.2. The van der Waals surface area contributed by atoms with Crippen LogP contribution in [0.15, 0.2) is 23.2 Å². The highest BCUT2D eigenvalue weighted by Gasteiger charge is 2.42. The second-order valence-electron chi connectivity index (χ2n) is 7.77. The molecule has 1 unspecified atom stereocenters. The van der Waals surface area contributed by atoms with Gasteiger partial charge >= 0.3 is 0 Å². The predicted octanol–water partition coefficient (Wildman–Crippen LogP) is 4.67. The number of aryl methyl sites for hydroxylation is 2. The number of aliphatic imine (C=N–C) groups is 1. The summed E-state index contributed by atoms with van der Waals surface area (Å²) in [5.41, 5.74) is 3.12. The van der Waals surface area contributed by atoms with Gasteiger partial charge in [0.25, 0.3) is 0 Å². The molecule has 1 N–H and O–H groups in total. The lowest BCUT2D eigenvalue weighted by atomic mass is 10.1. The van der Waals surface area contributed by atoms with E-state index in [9.17, 15) is 9.59 Å². The van der Waals surface area contributed by atoms with Gasteiger partial charge in [0.15, 0.2) is 5.17 Å². The minimum absolute atomic E-state index is 0.0549. The molecule has 28 heavy (non-hydrogen) atoms. The first-order valence-electron chi connectivity index (χ1n) is 10.4. The molecule has 1 aliphatic heterocycles. The summed E-state index contributed by atoms with van der Waals surface area (Å²) in [6.07, 6.45) is 7.07. The van der Waals surface area contributed by atoms with E-state index in [2.05, 4.69) is 10.3 Å². The Hall–Kier alpha value is -1.82. The molecule has 1 aliphatic carbocycles. The van der Waals surface area contributed by atoms with E-state index in [4.69, 9.17) is 0 Å². The van der Waals surface area contributed by atoms with E-state index in [1.54, 1.807) is 0 Å². The maximum atomic E-state index is 13.1. The van der Waals surface area contributed by atoms with Crippen LogP contribution >= 0.6 is 11.8 Å². The molecule has 0 spiro atoms. The largest absolute Gasteiger partial charge is 0.326 e. The second kappa shape index (κ2) is 9.59. The van der Waals surface area contributed by atoms with E-state index in [1.807, 2.05) is 43.9 Å². The molecule has 1 saturated heterocycles. The first-order chi connectivity index (χ1) is 13.5. The van der Waals surface area contributed by atoms with E-state index in [0.29, 0.717) is 6.54 Å². The third-order valence-corrected chi connectivity index (χ3v) is 6.80. The van der Waals surface area contributed by atoms with Crippen molar-refractivity contribution >= 4 is 34.4 Å². The van der Waals surface area contributed by atoms with Crippen molar-refractivity contribution in [3.05, 3.63) is 29.3 Å². The Morgan fingerprint density at radius 2 is 1.89 bits per heavy atom. The number of benzene rings is 1. The van der Waals surface area contributed by atoms with E-state index in [-0.39, 0.29) is 29.5 Å². The maximum absolute atomic E-state index is 13.1. The number of rotatable bonds is 5. The van der Waals surface area contributed by atoms with Crippen LogP contribution in [0, 0.1) is 13.8 Å². The summed E-state index contributed by atoms with van der Waals surface area (Å²) < 4.78 is 0. The van der Waals surface area contributed by atoms with Crippen LogP contribution in [0.4, 0.5) is 5.69 Å². The van der Waals surface area contributed by atoms with Gasteiger partial charge < -0.3 is 5.32 Å². The van der Waals surface area contributed by atoms with Gasteiger partial charge in [-0.15, -0.1) is 0 Å². The number of hydrogen-bond acceptors (Lipinski definition) is 4. The number of hydrogen-bond donors (Lipinski definition) is 1. The minimum Gasteiger partial charge on any atom is -0.326 e. The highest BCUT2D eigenvalue weighted by molar-refractivity contribution is 8.15. The number of carbonyl (C=O) groups is 2. The zero-order valence-corrected chi connectivity index (χ0v) is 18.0. The minimum atomic E-state index is -0.375. The fourth-order valence-electron chi connectivity index (χ4n) is 3.91. The number of thioether (sulfide) groups is 1. The summed E-state index contributed by atoms with van der Waals surface area (Å²) in [6.45, 7) is 6.72. The van der Waals surface area contributed by atoms with Crippen molar-refractivity contribution in [2.24, 2.45) is 4.99 Å². The van der Waals surface area contributed by atoms with Gasteiger partial charge in [-0.3, -0.25) is 19.5 Å². The molecule has 2 fully saturated rings. The lowest BCUT2D eigenvalue weighted by Crippen LogP contribution is -2.41. The highest BCUT2D eigenvalue weighted by Crippen LogP contribution is 2.35. The van der Waals surface area contributed by atoms with Gasteiger partial charge in [-0.25, -0.2) is 0 Å². The molecule has 1 heterocycles. The van der Waals surface area contributed by atoms with Crippen molar-refractivity contribution in [1.29, 1.82) is 0 Å². The Kier molecular flexibility index (Phi) is 7.16. The fourth-order valence-corrected chi connectivity index (χ4v) is 5.17. The van der Waals surface area contributed by atoms with Gasteiger partial charge in [-0.1, -0.05) is 43.5 Å². The van der Waals surface area contributed by atoms with Crippen LogP contribution in [0.5, 0.6) is 0 Å². The number of amidine groups is 1. The number of nitrogens with zero attached hydrogens (tertiary/aromatic N) is 2. The van der Waals surface area contributed by atoms with Crippen molar-refractivity contribution < 1.29 is 9.59 Å². The molecule has 0 radical (unpaired) electrons. The van der Waals surface area contributed by atoms with Crippen LogP contribution in [0.25, 0.3) is 0 Å². The molecular formula is C22H31N3O2S. The molecule has 1 aromatic rings. The monoisotopic (exact) mass is 401 g/mol. The standard InChI is InChI=1S/C22H31N3O2S/c1-4-23-22-25(18-9-7-5-6-8-10-18)21(27)19(28-22)14-20(26)24-17-12-11-15(2)16(3)13-17/h11-13,18-19H,4-10,14H2,1-3H3,(H,24,26). The smallest absolute Gasteiger partial charge is 0.242 e. The maximum Gasteiger partial charge on any atom is 0.242 e. The Labute approximate surface area is 172 Å². The molecule has 1 atom stereocenters. The van der Waals surface area contributed by atoms with E-state index >= 15 is 0 Å². The number of carbonyl (C=O) groups excluding carboxylic acids is 2. The van der Waals surface area contributed by atoms with Crippen molar-refractivity contribution in [3.63, 3.8) is 0 Å². The summed E-state index contributed by atoms with van der Waals surface area (Å²) >= 11 is 1.46. The number of anilines is 1. The van der Waals surface area contributed by atoms with Crippen LogP contribution < -0.4 is 5.32 Å². The summed E-state index contributed by atoms with van der Waals surface area (Å²) in [5.74, 6) is -0.0630. The average molecular weight is 402 g/mol. The average Bonchev–Trinajstić information content (AvgIpc) is 2.83. The molecule has 3 rings (SSSR count). The lowest BCUT2D eigenvalue weighted by molar-refractivity contribution is -0.129. The zero-order valence-electron chi connectivity index (χ0n) is 17.2. The van der Waals surface area contributed by atoms with Crippen molar-refractivity contribution in [2.75, 3.05) is 11.9 Å². The zero-order chi connectivity index (χ0) is 20.1. The van der Waals surface area contributed by atoms with E-state index in [1.165, 1.54) is 30.2 Å². The van der Waals surface area contributed by atoms with Crippen LogP contribution in [0.1, 0.15) is 63.0 Å². The van der Waals surface area contributed by atoms with Crippen molar-refractivity contribution in [2.45, 2.75) is 77.0 Å². The Morgan fingerprint density at radius 3 is 2.54 bits per heavy atom. The molecule has 5 nitrogen and oxygen atoms in total. The highest BCUT2D eigenvalue weighted by atomic mass is 32.2. The Balaban J connectivity index is 1.67. The molecule has 152 valence electrons. The SMILES string of the molecule is CCN=C1SC(CC(=O)Nc2ccc(C)c(C)c2)C(=O)N1C1CCCCCC1. The van der Waals surface area contributed by atoms with Crippen molar-refractivity contribution in [1.82, 2.24) is 4.90 Å². The number of nitrogens with one attached hydrogen (secondary N) is 1. The quantitative estimate of drug-likeness (QED) is 0.729. The van der Waals surface area contributed by atoms with Crippen LogP contribution in [-0.4, -0.2) is 39.7 Å². The molecular weight excluding hydrogens is 370 g/mol. The Bertz CT molecular complexity index is 754. The third kappa shape index (κ3) is 4.96. The van der Waals surface area contributed by atoms with Gasteiger partial charge in [-0.05, 0) is 56.9 Å². The molecule has 0 bridgehead atoms. The number of amides is 2. The first kappa shape index (κ1) is 20.9. The van der Waals surface area contributed by atoms with Crippen molar-refractivity contribution in [3.8, 4) is 0 Å². The fraction of sp³-hybridized carbons (Fsp3) is 0.591. The van der Waals surface area contributed by atoms with Gasteiger partial charge in [0, 0.05) is 24.7 Å². The van der Waals surface area contributed by atoms with Crippen LogP contribution in [0.3, 0.4) is 0 Å². The van der Waals surface area contributed by atoms with Crippen LogP contribution in [0.2, 0.25) is 0 Å². The van der Waals surface area contributed by atoms with Crippen LogP contribution in [-0.2, 0) is 9.59 Å². The van der Waals surface area contributed by atoms with Gasteiger partial charge in [0.1, 0.15) is 5.25 Å². The summed E-state index contributed by atoms with van der Waals surface area (Å²) in [5, 5.41) is 3.38. The topological polar surface area (TPSA) is 61.8 Å². The van der Waals surface area contributed by atoms with Gasteiger partial charge in [0.2, 0.25) is 11.8 Å². The second-order valence-corrected chi connectivity index (χ2v) is 8.94. The molecule has 1 aromatic carbocycles. The molecule has 1 saturated carbocycles. The first-order valence-corrected chi connectivity index (χ1v) is 11.3. The molecule has 2 amide bonds. The van der Waals surface area contributed by atoms with E-state index in [0.717, 1.165) is 42.1 Å². The molecule has 2 aliphatic rings. The normalized spacial score (nSPS) is 22.5. The lowest BCUT2D eigenvalue weighted by Gasteiger charge is -2.26.